The highest BCUT2D eigenvalue weighted by molar-refractivity contribution is 5.80. The summed E-state index contributed by atoms with van der Waals surface area (Å²) in [5, 5.41) is 11.6. The van der Waals surface area contributed by atoms with E-state index >= 15 is 0 Å². The number of ether oxygens (including phenoxy) is 2. The van der Waals surface area contributed by atoms with Gasteiger partial charge in [0.15, 0.2) is 5.60 Å². The lowest BCUT2D eigenvalue weighted by atomic mass is 9.93. The third-order valence-electron chi connectivity index (χ3n) is 4.25. The van der Waals surface area contributed by atoms with Gasteiger partial charge in [-0.2, -0.15) is 0 Å². The zero-order valence-electron chi connectivity index (χ0n) is 15.8. The summed E-state index contributed by atoms with van der Waals surface area (Å²) in [6.45, 7) is 3.44. The van der Waals surface area contributed by atoms with Gasteiger partial charge in [-0.1, -0.05) is 17.3 Å². The van der Waals surface area contributed by atoms with Crippen LogP contribution in [0.3, 0.4) is 0 Å². The molecule has 0 aliphatic carbocycles. The number of pyridine rings is 1. The van der Waals surface area contributed by atoms with Crippen LogP contribution >= 0.6 is 0 Å². The molecule has 0 unspecified atom stereocenters. The minimum atomic E-state index is -4.74. The Hall–Kier alpha value is -3.63. The molecule has 0 N–H and O–H groups in total. The number of rotatable bonds is 4. The average molecular weight is 420 g/mol. The number of hydrogen-bond donors (Lipinski definition) is 0. The minimum absolute atomic E-state index is 0.275. The van der Waals surface area contributed by atoms with Crippen molar-refractivity contribution in [1.82, 2.24) is 15.2 Å². The van der Waals surface area contributed by atoms with Crippen LogP contribution in [0.1, 0.15) is 24.8 Å². The van der Waals surface area contributed by atoms with Gasteiger partial charge in [0.1, 0.15) is 17.2 Å². The van der Waals surface area contributed by atoms with Crippen LogP contribution in [0.15, 0.2) is 52.2 Å². The van der Waals surface area contributed by atoms with Crippen LogP contribution in [0.2, 0.25) is 0 Å². The highest BCUT2D eigenvalue weighted by atomic mass is 19.4. The van der Waals surface area contributed by atoms with Gasteiger partial charge in [-0.25, -0.2) is 4.98 Å². The highest BCUT2D eigenvalue weighted by Crippen LogP contribution is 2.36. The third kappa shape index (κ3) is 4.34. The summed E-state index contributed by atoms with van der Waals surface area (Å²) < 4.78 is 51.8. The van der Waals surface area contributed by atoms with E-state index < -0.39 is 12.0 Å². The molecule has 0 radical (unpaired) electrons. The summed E-state index contributed by atoms with van der Waals surface area (Å²) in [6.07, 6.45) is -2.99. The van der Waals surface area contributed by atoms with Crippen LogP contribution in [-0.2, 0) is 10.4 Å². The molecule has 1 aliphatic rings. The van der Waals surface area contributed by atoms with Gasteiger partial charge in [0.2, 0.25) is 11.8 Å². The fourth-order valence-corrected chi connectivity index (χ4v) is 2.83. The van der Waals surface area contributed by atoms with Crippen LogP contribution in [0, 0.1) is 6.92 Å². The zero-order valence-corrected chi connectivity index (χ0v) is 15.8. The fourth-order valence-electron chi connectivity index (χ4n) is 2.83. The molecule has 0 saturated heterocycles. The first kappa shape index (κ1) is 19.7. The van der Waals surface area contributed by atoms with Crippen LogP contribution in [0.25, 0.3) is 11.6 Å². The second kappa shape index (κ2) is 7.32. The molecule has 1 atom stereocenters. The molecule has 0 fully saturated rings. The maximum atomic E-state index is 12.3. The van der Waals surface area contributed by atoms with Crippen molar-refractivity contribution in [3.05, 3.63) is 54.0 Å². The lowest BCUT2D eigenvalue weighted by Gasteiger charge is -2.21. The van der Waals surface area contributed by atoms with Crippen molar-refractivity contribution in [2.45, 2.75) is 32.2 Å². The Labute approximate surface area is 168 Å². The molecule has 11 heteroatoms. The first-order valence-corrected chi connectivity index (χ1v) is 8.76. The second-order valence-corrected chi connectivity index (χ2v) is 6.66. The quantitative estimate of drug-likeness (QED) is 0.619. The molecule has 0 bridgehead atoms. The smallest absolute Gasteiger partial charge is 0.438 e. The Bertz CT molecular complexity index is 1060. The van der Waals surface area contributed by atoms with Crippen molar-refractivity contribution in [1.29, 1.82) is 0 Å². The van der Waals surface area contributed by atoms with Crippen LogP contribution < -0.4 is 9.47 Å². The molecule has 8 nitrogen and oxygen atoms in total. The van der Waals surface area contributed by atoms with E-state index in [0.717, 1.165) is 0 Å². The number of halogens is 3. The number of nitrogens with zero attached hydrogens (tertiary/aromatic N) is 4. The monoisotopic (exact) mass is 420 g/mol. The van der Waals surface area contributed by atoms with E-state index in [1.807, 2.05) is 0 Å². The molecular weight excluding hydrogens is 405 g/mol. The number of benzene rings is 1. The Kier molecular flexibility index (Phi) is 4.80. The van der Waals surface area contributed by atoms with Gasteiger partial charge in [-0.15, -0.1) is 23.4 Å². The molecule has 3 heterocycles. The van der Waals surface area contributed by atoms with E-state index in [-0.39, 0.29) is 12.2 Å². The third-order valence-corrected chi connectivity index (χ3v) is 4.25. The molecule has 1 aromatic carbocycles. The standard InChI is InChI=1S/C19H15F3N4O4/c1-11-24-25-17(27-11)15-8-7-14(10-23-15)28-16-9-18(2,30-26-16)12-3-5-13(6-4-12)29-19(20,21)22/h3-8,10H,9H2,1-2H3/t18-/m0/s1. The van der Waals surface area contributed by atoms with Crippen molar-refractivity contribution in [2.24, 2.45) is 5.16 Å². The molecule has 0 spiro atoms. The second-order valence-electron chi connectivity index (χ2n) is 6.66. The predicted octanol–water partition coefficient (Wildman–Crippen LogP) is 4.37. The van der Waals surface area contributed by atoms with Crippen molar-refractivity contribution < 1.29 is 31.9 Å². The Morgan fingerprint density at radius 2 is 1.77 bits per heavy atom. The van der Waals surface area contributed by atoms with Crippen molar-refractivity contribution in [3.63, 3.8) is 0 Å². The average Bonchev–Trinajstić information content (AvgIpc) is 3.28. The lowest BCUT2D eigenvalue weighted by molar-refractivity contribution is -0.274. The van der Waals surface area contributed by atoms with Gasteiger partial charge in [0, 0.05) is 6.92 Å². The summed E-state index contributed by atoms with van der Waals surface area (Å²) in [6, 6.07) is 8.75. The first-order valence-electron chi connectivity index (χ1n) is 8.76. The number of alkyl halides is 3. The van der Waals surface area contributed by atoms with Crippen molar-refractivity contribution >= 4 is 5.90 Å². The van der Waals surface area contributed by atoms with Gasteiger partial charge in [-0.05, 0) is 36.8 Å². The predicted molar refractivity (Wildman–Crippen MR) is 96.5 cm³/mol. The highest BCUT2D eigenvalue weighted by Gasteiger charge is 2.38. The Balaban J connectivity index is 1.40. The Morgan fingerprint density at radius 3 is 2.37 bits per heavy atom. The molecule has 4 rings (SSSR count). The van der Waals surface area contributed by atoms with Gasteiger partial charge < -0.3 is 18.7 Å². The molecule has 156 valence electrons. The molecular formula is C19H15F3N4O4. The molecule has 3 aromatic rings. The van der Waals surface area contributed by atoms with Gasteiger partial charge in [-0.3, -0.25) is 0 Å². The van der Waals surface area contributed by atoms with Gasteiger partial charge >= 0.3 is 6.36 Å². The van der Waals surface area contributed by atoms with Crippen LogP contribution in [0.4, 0.5) is 13.2 Å². The van der Waals surface area contributed by atoms with E-state index in [9.17, 15) is 13.2 Å². The summed E-state index contributed by atoms with van der Waals surface area (Å²) in [4.78, 5) is 9.71. The first-order chi connectivity index (χ1) is 14.2. The largest absolute Gasteiger partial charge is 0.573 e. The number of oxime groups is 1. The topological polar surface area (TPSA) is 91.9 Å². The summed E-state index contributed by atoms with van der Waals surface area (Å²) in [7, 11) is 0. The molecule has 1 aliphatic heterocycles. The summed E-state index contributed by atoms with van der Waals surface area (Å²) in [5.41, 5.74) is 0.235. The number of aromatic nitrogens is 3. The van der Waals surface area contributed by atoms with Crippen LogP contribution in [0.5, 0.6) is 11.5 Å². The van der Waals surface area contributed by atoms with Crippen molar-refractivity contribution in [3.8, 4) is 23.1 Å². The molecule has 2 aromatic heterocycles. The van der Waals surface area contributed by atoms with Gasteiger partial charge in [0.25, 0.3) is 5.89 Å². The number of hydrogen-bond acceptors (Lipinski definition) is 8. The lowest BCUT2D eigenvalue weighted by Crippen LogP contribution is -2.23. The normalized spacial score (nSPS) is 18.6. The van der Waals surface area contributed by atoms with Crippen LogP contribution in [-0.4, -0.2) is 27.4 Å². The van der Waals surface area contributed by atoms with E-state index in [0.29, 0.717) is 34.7 Å². The molecule has 30 heavy (non-hydrogen) atoms. The summed E-state index contributed by atoms with van der Waals surface area (Å²) >= 11 is 0. The van der Waals surface area contributed by atoms with E-state index in [2.05, 4.69) is 25.1 Å². The molecule has 0 saturated carbocycles. The van der Waals surface area contributed by atoms with Gasteiger partial charge in [0.05, 0.1) is 12.6 Å². The van der Waals surface area contributed by atoms with E-state index in [1.54, 1.807) is 26.0 Å². The van der Waals surface area contributed by atoms with E-state index in [4.69, 9.17) is 14.0 Å². The number of aryl methyl sites for hydroxylation is 1. The fraction of sp³-hybridized carbons (Fsp3) is 0.263. The summed E-state index contributed by atoms with van der Waals surface area (Å²) in [5.74, 6) is 1.15. The van der Waals surface area contributed by atoms with E-state index in [1.165, 1.54) is 30.5 Å². The van der Waals surface area contributed by atoms with Crippen molar-refractivity contribution in [2.75, 3.05) is 0 Å². The zero-order chi connectivity index (χ0) is 21.4. The maximum Gasteiger partial charge on any atom is 0.573 e. The SMILES string of the molecule is Cc1nnc(-c2ccc(OC3=NO[C@](C)(c4ccc(OC(F)(F)F)cc4)C3)cn2)o1. The minimum Gasteiger partial charge on any atom is -0.438 e. The molecule has 0 amide bonds. The Morgan fingerprint density at radius 1 is 1.03 bits per heavy atom. The maximum absolute atomic E-state index is 12.3.